The van der Waals surface area contributed by atoms with E-state index in [1.165, 1.54) is 0 Å². The molecule has 1 saturated heterocycles. The average molecular weight is 299 g/mol. The zero-order chi connectivity index (χ0) is 13.8. The normalized spacial score (nSPS) is 18.6. The first-order chi connectivity index (χ1) is 9.13. The first-order valence-corrected chi connectivity index (χ1v) is 7.90. The Morgan fingerprint density at radius 3 is 3.00 bits per heavy atom. The number of rotatable bonds is 4. The van der Waals surface area contributed by atoms with Crippen molar-refractivity contribution in [3.8, 4) is 0 Å². The Morgan fingerprint density at radius 1 is 1.58 bits per heavy atom. The number of carbonyl (C=O) groups is 1. The predicted molar refractivity (Wildman–Crippen MR) is 81.2 cm³/mol. The Hall–Kier alpha value is -0.710. The summed E-state index contributed by atoms with van der Waals surface area (Å²) in [5.74, 6) is 1.00. The highest BCUT2D eigenvalue weighted by Gasteiger charge is 2.25. The van der Waals surface area contributed by atoms with Crippen LogP contribution in [-0.4, -0.2) is 42.7 Å². The maximum Gasteiger partial charge on any atom is 0.255 e. The molecule has 0 bridgehead atoms. The van der Waals surface area contributed by atoms with Gasteiger partial charge in [-0.15, -0.1) is 11.8 Å². The molecule has 1 aliphatic heterocycles. The monoisotopic (exact) mass is 298 g/mol. The fourth-order valence-corrected chi connectivity index (χ4v) is 3.23. The van der Waals surface area contributed by atoms with Gasteiger partial charge >= 0.3 is 0 Å². The van der Waals surface area contributed by atoms with E-state index in [1.54, 1.807) is 17.8 Å². The largest absolute Gasteiger partial charge is 0.337 e. The molecule has 0 spiro atoms. The Morgan fingerprint density at radius 2 is 2.37 bits per heavy atom. The number of halogens is 1. The highest BCUT2D eigenvalue weighted by molar-refractivity contribution is 7.99. The van der Waals surface area contributed by atoms with E-state index in [9.17, 15) is 4.79 Å². The van der Waals surface area contributed by atoms with Crippen LogP contribution in [0.15, 0.2) is 23.1 Å². The van der Waals surface area contributed by atoms with Crippen LogP contribution < -0.4 is 5.32 Å². The fourth-order valence-electron chi connectivity index (χ4n) is 2.28. The number of carbonyl (C=O) groups excluding carboxylic acids is 1. The molecule has 2 rings (SSSR count). The van der Waals surface area contributed by atoms with E-state index in [-0.39, 0.29) is 11.9 Å². The van der Waals surface area contributed by atoms with Crippen molar-refractivity contribution >= 4 is 29.3 Å². The number of hydrogen-bond acceptors (Lipinski definition) is 3. The number of likely N-dealkylation sites (N-methyl/N-ethyl adjacent to an activating group) is 1. The summed E-state index contributed by atoms with van der Waals surface area (Å²) in [5, 5.41) is 3.90. The van der Waals surface area contributed by atoms with Crippen LogP contribution in [0, 0.1) is 0 Å². The van der Waals surface area contributed by atoms with Crippen LogP contribution in [0.4, 0.5) is 0 Å². The lowest BCUT2D eigenvalue weighted by atomic mass is 10.1. The summed E-state index contributed by atoms with van der Waals surface area (Å²) in [7, 11) is 1.88. The molecule has 1 aromatic carbocycles. The average Bonchev–Trinajstić information content (AvgIpc) is 2.93. The molecule has 1 aromatic rings. The molecule has 1 amide bonds. The Kier molecular flexibility index (Phi) is 5.13. The third-order valence-electron chi connectivity index (χ3n) is 3.37. The molecule has 0 saturated carbocycles. The minimum Gasteiger partial charge on any atom is -0.337 e. The van der Waals surface area contributed by atoms with Crippen molar-refractivity contribution in [3.63, 3.8) is 0 Å². The molecule has 0 aromatic heterocycles. The predicted octanol–water partition coefficient (Wildman–Crippen LogP) is 2.89. The summed E-state index contributed by atoms with van der Waals surface area (Å²) in [6, 6.07) is 5.84. The maximum atomic E-state index is 12.6. The first kappa shape index (κ1) is 14.7. The SMILES string of the molecule is CCSc1ccc(Cl)cc1C(=O)N(C)C1CCNC1. The smallest absolute Gasteiger partial charge is 0.255 e. The Bertz CT molecular complexity index is 461. The molecule has 1 unspecified atom stereocenters. The highest BCUT2D eigenvalue weighted by atomic mass is 35.5. The number of hydrogen-bond donors (Lipinski definition) is 1. The molecule has 104 valence electrons. The van der Waals surface area contributed by atoms with Gasteiger partial charge in [0, 0.05) is 29.6 Å². The summed E-state index contributed by atoms with van der Waals surface area (Å²) in [6.45, 7) is 3.94. The second-order valence-corrected chi connectivity index (χ2v) is 6.38. The summed E-state index contributed by atoms with van der Waals surface area (Å²) in [6.07, 6.45) is 1.01. The maximum absolute atomic E-state index is 12.6. The van der Waals surface area contributed by atoms with Crippen molar-refractivity contribution in [1.82, 2.24) is 10.2 Å². The molecule has 5 heteroatoms. The minimum atomic E-state index is 0.0622. The lowest BCUT2D eigenvalue weighted by molar-refractivity contribution is 0.0740. The fraction of sp³-hybridized carbons (Fsp3) is 0.500. The lowest BCUT2D eigenvalue weighted by Crippen LogP contribution is -2.38. The summed E-state index contributed by atoms with van der Waals surface area (Å²) >= 11 is 7.71. The number of benzene rings is 1. The van der Waals surface area contributed by atoms with Gasteiger partial charge in [-0.1, -0.05) is 18.5 Å². The van der Waals surface area contributed by atoms with Crippen molar-refractivity contribution in [1.29, 1.82) is 0 Å². The molecule has 1 fully saturated rings. The van der Waals surface area contributed by atoms with E-state index in [0.29, 0.717) is 10.6 Å². The second kappa shape index (κ2) is 6.64. The van der Waals surface area contributed by atoms with Crippen LogP contribution in [0.5, 0.6) is 0 Å². The molecule has 1 atom stereocenters. The zero-order valence-electron chi connectivity index (χ0n) is 11.3. The molecule has 3 nitrogen and oxygen atoms in total. The van der Waals surface area contributed by atoms with E-state index in [0.717, 1.165) is 30.2 Å². The second-order valence-electron chi connectivity index (χ2n) is 4.64. The van der Waals surface area contributed by atoms with Gasteiger partial charge in [-0.2, -0.15) is 0 Å². The van der Waals surface area contributed by atoms with Crippen LogP contribution in [-0.2, 0) is 0 Å². The quantitative estimate of drug-likeness (QED) is 0.868. The number of thioether (sulfide) groups is 1. The van der Waals surface area contributed by atoms with Gasteiger partial charge in [0.05, 0.1) is 5.56 Å². The standard InChI is InChI=1S/C14H19ClN2OS/c1-3-19-13-5-4-10(15)8-12(13)14(18)17(2)11-6-7-16-9-11/h4-5,8,11,16H,3,6-7,9H2,1-2H3. The molecular formula is C14H19ClN2OS. The van der Waals surface area contributed by atoms with Crippen LogP contribution in [0.3, 0.4) is 0 Å². The minimum absolute atomic E-state index is 0.0622. The first-order valence-electron chi connectivity index (χ1n) is 6.53. The van der Waals surface area contributed by atoms with Crippen molar-refractivity contribution in [2.75, 3.05) is 25.9 Å². The van der Waals surface area contributed by atoms with Gasteiger partial charge < -0.3 is 10.2 Å². The van der Waals surface area contributed by atoms with Gasteiger partial charge in [0.25, 0.3) is 5.91 Å². The van der Waals surface area contributed by atoms with Gasteiger partial charge in [-0.05, 0) is 36.9 Å². The van der Waals surface area contributed by atoms with Crippen molar-refractivity contribution < 1.29 is 4.79 Å². The van der Waals surface area contributed by atoms with Gasteiger partial charge in [-0.25, -0.2) is 0 Å². The lowest BCUT2D eigenvalue weighted by Gasteiger charge is -2.24. The number of nitrogens with one attached hydrogen (secondary N) is 1. The topological polar surface area (TPSA) is 32.3 Å². The molecular weight excluding hydrogens is 280 g/mol. The Balaban J connectivity index is 2.23. The van der Waals surface area contributed by atoms with E-state index < -0.39 is 0 Å². The molecule has 1 heterocycles. The highest BCUT2D eigenvalue weighted by Crippen LogP contribution is 2.27. The zero-order valence-corrected chi connectivity index (χ0v) is 12.9. The van der Waals surface area contributed by atoms with Crippen LogP contribution >= 0.6 is 23.4 Å². The van der Waals surface area contributed by atoms with E-state index in [1.807, 2.05) is 24.1 Å². The van der Waals surface area contributed by atoms with Crippen LogP contribution in [0.1, 0.15) is 23.7 Å². The molecule has 0 aliphatic carbocycles. The van der Waals surface area contributed by atoms with Gasteiger partial charge in [-0.3, -0.25) is 4.79 Å². The summed E-state index contributed by atoms with van der Waals surface area (Å²) in [4.78, 5) is 15.5. The van der Waals surface area contributed by atoms with Gasteiger partial charge in [0.15, 0.2) is 0 Å². The third-order valence-corrected chi connectivity index (χ3v) is 4.56. The summed E-state index contributed by atoms with van der Waals surface area (Å²) in [5.41, 5.74) is 0.716. The molecule has 1 N–H and O–H groups in total. The molecule has 19 heavy (non-hydrogen) atoms. The van der Waals surface area contributed by atoms with E-state index in [2.05, 4.69) is 12.2 Å². The van der Waals surface area contributed by atoms with Crippen LogP contribution in [0.25, 0.3) is 0 Å². The van der Waals surface area contributed by atoms with Crippen molar-refractivity contribution in [2.45, 2.75) is 24.3 Å². The van der Waals surface area contributed by atoms with Gasteiger partial charge in [0.1, 0.15) is 0 Å². The van der Waals surface area contributed by atoms with Crippen LogP contribution in [0.2, 0.25) is 5.02 Å². The Labute approximate surface area is 123 Å². The van der Waals surface area contributed by atoms with Crippen molar-refractivity contribution in [2.24, 2.45) is 0 Å². The molecule has 1 aliphatic rings. The summed E-state index contributed by atoms with van der Waals surface area (Å²) < 4.78 is 0. The molecule has 0 radical (unpaired) electrons. The van der Waals surface area contributed by atoms with Gasteiger partial charge in [0.2, 0.25) is 0 Å². The number of nitrogens with zero attached hydrogens (tertiary/aromatic N) is 1. The van der Waals surface area contributed by atoms with Crippen molar-refractivity contribution in [3.05, 3.63) is 28.8 Å². The third kappa shape index (κ3) is 3.44. The van der Waals surface area contributed by atoms with E-state index >= 15 is 0 Å². The number of amides is 1. The van der Waals surface area contributed by atoms with E-state index in [4.69, 9.17) is 11.6 Å².